The van der Waals surface area contributed by atoms with Gasteiger partial charge < -0.3 is 10.6 Å². The number of aryl methyl sites for hydroxylation is 1. The van der Waals surface area contributed by atoms with Crippen LogP contribution in [0.2, 0.25) is 0 Å². The van der Waals surface area contributed by atoms with Crippen molar-refractivity contribution in [3.05, 3.63) is 35.4 Å². The summed E-state index contributed by atoms with van der Waals surface area (Å²) in [6.07, 6.45) is 1.57. The summed E-state index contributed by atoms with van der Waals surface area (Å²) >= 11 is 0. The molecule has 4 nitrogen and oxygen atoms in total. The lowest BCUT2D eigenvalue weighted by molar-refractivity contribution is -0.124. The molecule has 2 aliphatic heterocycles. The molecule has 1 aromatic carbocycles. The first-order valence-electron chi connectivity index (χ1n) is 6.39. The van der Waals surface area contributed by atoms with E-state index in [2.05, 4.69) is 10.6 Å². The molecule has 2 N–H and O–H groups in total. The largest absolute Gasteiger partial charge is 0.317 e. The normalized spacial score (nSPS) is 21.8. The van der Waals surface area contributed by atoms with Gasteiger partial charge in [-0.05, 0) is 38.4 Å². The molecule has 4 heteroatoms. The minimum Gasteiger partial charge on any atom is -0.317 e. The Kier molecular flexibility index (Phi) is 2.67. The number of aliphatic imine (C=N–C) groups is 1. The summed E-state index contributed by atoms with van der Waals surface area (Å²) in [6.45, 7) is 3.76. The molecule has 1 aromatic rings. The second-order valence-electron chi connectivity index (χ2n) is 5.01. The Morgan fingerprint density at radius 3 is 2.67 bits per heavy atom. The van der Waals surface area contributed by atoms with Gasteiger partial charge in [0.05, 0.1) is 0 Å². The Hall–Kier alpha value is -1.68. The first kappa shape index (κ1) is 11.4. The smallest absolute Gasteiger partial charge is 0.253 e. The number of nitrogens with one attached hydrogen (secondary N) is 2. The third-order valence-electron chi connectivity index (χ3n) is 3.81. The lowest BCUT2D eigenvalue weighted by atomic mass is 9.89. The van der Waals surface area contributed by atoms with Crippen molar-refractivity contribution in [2.24, 2.45) is 4.99 Å². The van der Waals surface area contributed by atoms with Crippen molar-refractivity contribution in [2.75, 3.05) is 13.1 Å². The van der Waals surface area contributed by atoms with Gasteiger partial charge in [-0.2, -0.15) is 0 Å². The fraction of sp³-hybridized carbons (Fsp3) is 0.429. The van der Waals surface area contributed by atoms with Crippen molar-refractivity contribution in [3.63, 3.8) is 0 Å². The number of amides is 1. The summed E-state index contributed by atoms with van der Waals surface area (Å²) in [5.74, 6) is 0.794. The third kappa shape index (κ3) is 1.73. The van der Waals surface area contributed by atoms with Gasteiger partial charge in [0.2, 0.25) is 0 Å². The van der Waals surface area contributed by atoms with Crippen molar-refractivity contribution < 1.29 is 4.79 Å². The average Bonchev–Trinajstić information content (AvgIpc) is 2.68. The van der Waals surface area contributed by atoms with Gasteiger partial charge in [0.1, 0.15) is 11.4 Å². The second kappa shape index (κ2) is 4.21. The quantitative estimate of drug-likeness (QED) is 0.773. The van der Waals surface area contributed by atoms with E-state index in [1.54, 1.807) is 0 Å². The summed E-state index contributed by atoms with van der Waals surface area (Å²) < 4.78 is 0. The molecule has 3 rings (SSSR count). The van der Waals surface area contributed by atoms with Gasteiger partial charge in [0, 0.05) is 5.56 Å². The number of amidine groups is 1. The number of piperidine rings is 1. The molecule has 1 spiro atoms. The molecule has 0 unspecified atom stereocenters. The topological polar surface area (TPSA) is 53.5 Å². The summed E-state index contributed by atoms with van der Waals surface area (Å²) in [7, 11) is 0. The van der Waals surface area contributed by atoms with Crippen LogP contribution in [-0.2, 0) is 4.79 Å². The predicted octanol–water partition coefficient (Wildman–Crippen LogP) is 0.994. The van der Waals surface area contributed by atoms with Crippen LogP contribution in [0, 0.1) is 6.92 Å². The number of carbonyl (C=O) groups excluding carboxylic acids is 1. The van der Waals surface area contributed by atoms with Crippen LogP contribution in [0.25, 0.3) is 0 Å². The fourth-order valence-electron chi connectivity index (χ4n) is 2.66. The average molecular weight is 243 g/mol. The number of carbonyl (C=O) groups is 1. The van der Waals surface area contributed by atoms with Crippen LogP contribution in [-0.4, -0.2) is 30.4 Å². The maximum absolute atomic E-state index is 12.2. The van der Waals surface area contributed by atoms with Crippen molar-refractivity contribution in [1.29, 1.82) is 0 Å². The van der Waals surface area contributed by atoms with Gasteiger partial charge in [-0.25, -0.2) is 0 Å². The maximum atomic E-state index is 12.2. The highest BCUT2D eigenvalue weighted by Crippen LogP contribution is 2.28. The van der Waals surface area contributed by atoms with E-state index in [1.165, 1.54) is 0 Å². The van der Waals surface area contributed by atoms with Crippen molar-refractivity contribution in [2.45, 2.75) is 25.3 Å². The Balaban J connectivity index is 1.98. The predicted molar refractivity (Wildman–Crippen MR) is 70.7 cm³/mol. The summed E-state index contributed by atoms with van der Waals surface area (Å²) in [5, 5.41) is 6.23. The molecule has 0 aromatic heterocycles. The van der Waals surface area contributed by atoms with E-state index >= 15 is 0 Å². The van der Waals surface area contributed by atoms with Crippen LogP contribution in [0.15, 0.2) is 29.3 Å². The van der Waals surface area contributed by atoms with Crippen molar-refractivity contribution in [3.8, 4) is 0 Å². The summed E-state index contributed by atoms with van der Waals surface area (Å²) in [6, 6.07) is 8.02. The number of rotatable bonds is 1. The molecule has 1 saturated heterocycles. The van der Waals surface area contributed by atoms with Crippen LogP contribution in [0.3, 0.4) is 0 Å². The van der Waals surface area contributed by atoms with E-state index in [0.717, 1.165) is 42.9 Å². The van der Waals surface area contributed by atoms with Gasteiger partial charge >= 0.3 is 0 Å². The van der Waals surface area contributed by atoms with E-state index in [4.69, 9.17) is 4.99 Å². The zero-order valence-corrected chi connectivity index (χ0v) is 10.5. The van der Waals surface area contributed by atoms with Crippen LogP contribution in [0.4, 0.5) is 0 Å². The fourth-order valence-corrected chi connectivity index (χ4v) is 2.66. The number of nitrogens with zero attached hydrogens (tertiary/aromatic N) is 1. The van der Waals surface area contributed by atoms with Crippen LogP contribution >= 0.6 is 0 Å². The van der Waals surface area contributed by atoms with Crippen molar-refractivity contribution >= 4 is 11.7 Å². The van der Waals surface area contributed by atoms with E-state index in [1.807, 2.05) is 31.2 Å². The SMILES string of the molecule is Cc1ccccc1C1=NC2(CCNCC2)C(=O)N1. The molecule has 18 heavy (non-hydrogen) atoms. The van der Waals surface area contributed by atoms with Crippen LogP contribution < -0.4 is 10.6 Å². The minimum absolute atomic E-state index is 0.0576. The summed E-state index contributed by atoms with van der Waals surface area (Å²) in [4.78, 5) is 16.9. The number of benzene rings is 1. The Morgan fingerprint density at radius 2 is 1.94 bits per heavy atom. The molecule has 94 valence electrons. The van der Waals surface area contributed by atoms with Crippen LogP contribution in [0.5, 0.6) is 0 Å². The molecule has 2 aliphatic rings. The van der Waals surface area contributed by atoms with Crippen molar-refractivity contribution in [1.82, 2.24) is 10.6 Å². The Labute approximate surface area is 106 Å². The highest BCUT2D eigenvalue weighted by atomic mass is 16.2. The first-order valence-corrected chi connectivity index (χ1v) is 6.39. The molecule has 1 fully saturated rings. The van der Waals surface area contributed by atoms with Gasteiger partial charge in [-0.1, -0.05) is 24.3 Å². The van der Waals surface area contributed by atoms with Gasteiger partial charge in [-0.3, -0.25) is 9.79 Å². The third-order valence-corrected chi connectivity index (χ3v) is 3.81. The van der Waals surface area contributed by atoms with Gasteiger partial charge in [0.25, 0.3) is 5.91 Å². The highest BCUT2D eigenvalue weighted by molar-refractivity contribution is 6.15. The highest BCUT2D eigenvalue weighted by Gasteiger charge is 2.44. The molecule has 0 radical (unpaired) electrons. The van der Waals surface area contributed by atoms with Gasteiger partial charge in [-0.15, -0.1) is 0 Å². The van der Waals surface area contributed by atoms with Gasteiger partial charge in [0.15, 0.2) is 0 Å². The molecule has 0 aliphatic carbocycles. The van der Waals surface area contributed by atoms with Crippen LogP contribution in [0.1, 0.15) is 24.0 Å². The molecule has 0 bridgehead atoms. The number of hydrogen-bond acceptors (Lipinski definition) is 3. The molecular formula is C14H17N3O. The first-order chi connectivity index (χ1) is 8.71. The standard InChI is InChI=1S/C14H17N3O/c1-10-4-2-3-5-11(10)12-16-13(18)14(17-12)6-8-15-9-7-14/h2-5,15H,6-9H2,1H3,(H,16,17,18). The lowest BCUT2D eigenvalue weighted by Gasteiger charge is -2.28. The molecule has 0 saturated carbocycles. The molecular weight excluding hydrogens is 226 g/mol. The second-order valence-corrected chi connectivity index (χ2v) is 5.01. The zero-order valence-electron chi connectivity index (χ0n) is 10.5. The minimum atomic E-state index is -0.525. The lowest BCUT2D eigenvalue weighted by Crippen LogP contribution is -2.47. The number of hydrogen-bond donors (Lipinski definition) is 2. The molecule has 1 amide bonds. The Morgan fingerprint density at radius 1 is 1.22 bits per heavy atom. The van der Waals surface area contributed by atoms with E-state index < -0.39 is 5.54 Å². The summed E-state index contributed by atoms with van der Waals surface area (Å²) in [5.41, 5.74) is 1.65. The maximum Gasteiger partial charge on any atom is 0.253 e. The zero-order chi connectivity index (χ0) is 12.6. The van der Waals surface area contributed by atoms with E-state index in [9.17, 15) is 4.79 Å². The Bertz CT molecular complexity index is 516. The van der Waals surface area contributed by atoms with E-state index in [0.29, 0.717) is 0 Å². The monoisotopic (exact) mass is 243 g/mol. The molecule has 2 heterocycles. The molecule has 0 atom stereocenters. The van der Waals surface area contributed by atoms with E-state index in [-0.39, 0.29) is 5.91 Å².